The minimum atomic E-state index is -0.151. The van der Waals surface area contributed by atoms with Crippen molar-refractivity contribution in [3.05, 3.63) is 0 Å². The Morgan fingerprint density at radius 1 is 1.25 bits per heavy atom. The van der Waals surface area contributed by atoms with Crippen LogP contribution in [0.4, 0.5) is 4.79 Å². The maximum atomic E-state index is 11.4. The van der Waals surface area contributed by atoms with Gasteiger partial charge in [-0.05, 0) is 27.7 Å². The molecule has 0 unspecified atom stereocenters. The summed E-state index contributed by atoms with van der Waals surface area (Å²) < 4.78 is 4.98. The third-order valence-electron chi connectivity index (χ3n) is 3.58. The van der Waals surface area contributed by atoms with Gasteiger partial charge in [-0.2, -0.15) is 0 Å². The average molecular weight is 226 g/mol. The van der Waals surface area contributed by atoms with Crippen molar-refractivity contribution < 1.29 is 9.53 Å². The fourth-order valence-electron chi connectivity index (χ4n) is 2.55. The smallest absolute Gasteiger partial charge is 0.409 e. The maximum absolute atomic E-state index is 11.4. The Kier molecular flexibility index (Phi) is 2.65. The molecule has 2 aliphatic rings. The zero-order chi connectivity index (χ0) is 12.0. The predicted octanol–water partition coefficient (Wildman–Crippen LogP) is 1.56. The van der Waals surface area contributed by atoms with Crippen LogP contribution in [0.2, 0.25) is 0 Å². The lowest BCUT2D eigenvalue weighted by atomic mass is 9.71. The molecule has 2 rings (SSSR count). The highest BCUT2D eigenvalue weighted by Gasteiger charge is 2.55. The number of nitrogens with zero attached hydrogens (tertiary/aromatic N) is 2. The zero-order valence-electron chi connectivity index (χ0n) is 10.7. The van der Waals surface area contributed by atoms with Crippen molar-refractivity contribution in [2.45, 2.75) is 33.2 Å². The number of amides is 1. The van der Waals surface area contributed by atoms with E-state index in [2.05, 4.69) is 25.7 Å². The largest absolute Gasteiger partial charge is 0.450 e. The molecule has 2 saturated heterocycles. The monoisotopic (exact) mass is 226 g/mol. The highest BCUT2D eigenvalue weighted by molar-refractivity contribution is 5.69. The molecule has 2 fully saturated rings. The van der Waals surface area contributed by atoms with Gasteiger partial charge >= 0.3 is 6.09 Å². The van der Waals surface area contributed by atoms with Crippen LogP contribution in [0, 0.1) is 5.41 Å². The molecule has 4 heteroatoms. The Balaban J connectivity index is 1.76. The Bertz CT molecular complexity index is 282. The number of hydrogen-bond donors (Lipinski definition) is 0. The van der Waals surface area contributed by atoms with Crippen LogP contribution in [0.25, 0.3) is 0 Å². The zero-order valence-corrected chi connectivity index (χ0v) is 10.7. The quantitative estimate of drug-likeness (QED) is 0.680. The van der Waals surface area contributed by atoms with Crippen LogP contribution in [0.1, 0.15) is 27.7 Å². The molecule has 4 nitrogen and oxygen atoms in total. The lowest BCUT2D eigenvalue weighted by Crippen LogP contribution is -2.75. The SMILES string of the molecule is CCOC(=O)N1CC2(C1)CN(C(C)(C)C)C2. The summed E-state index contributed by atoms with van der Waals surface area (Å²) in [5, 5.41) is 0. The first-order valence-electron chi connectivity index (χ1n) is 6.03. The molecule has 92 valence electrons. The Morgan fingerprint density at radius 3 is 2.25 bits per heavy atom. The van der Waals surface area contributed by atoms with Crippen LogP contribution in [0.3, 0.4) is 0 Å². The van der Waals surface area contributed by atoms with Crippen LogP contribution >= 0.6 is 0 Å². The molecular weight excluding hydrogens is 204 g/mol. The van der Waals surface area contributed by atoms with E-state index in [0.717, 1.165) is 26.2 Å². The molecule has 2 heterocycles. The lowest BCUT2D eigenvalue weighted by Gasteiger charge is -2.63. The molecule has 0 N–H and O–H groups in total. The molecule has 2 aliphatic heterocycles. The number of rotatable bonds is 1. The Morgan fingerprint density at radius 2 is 1.81 bits per heavy atom. The van der Waals surface area contributed by atoms with Crippen molar-refractivity contribution >= 4 is 6.09 Å². The lowest BCUT2D eigenvalue weighted by molar-refractivity contribution is -0.135. The second-order valence-electron chi connectivity index (χ2n) is 6.08. The highest BCUT2D eigenvalue weighted by Crippen LogP contribution is 2.42. The van der Waals surface area contributed by atoms with Crippen molar-refractivity contribution in [3.8, 4) is 0 Å². The summed E-state index contributed by atoms with van der Waals surface area (Å²) in [6, 6.07) is 0. The van der Waals surface area contributed by atoms with E-state index in [1.54, 1.807) is 0 Å². The fourth-order valence-corrected chi connectivity index (χ4v) is 2.55. The molecule has 0 radical (unpaired) electrons. The predicted molar refractivity (Wildman–Crippen MR) is 62.4 cm³/mol. The third-order valence-corrected chi connectivity index (χ3v) is 3.58. The molecule has 1 amide bonds. The first-order chi connectivity index (χ1) is 7.36. The van der Waals surface area contributed by atoms with Crippen molar-refractivity contribution in [2.75, 3.05) is 32.8 Å². The van der Waals surface area contributed by atoms with Gasteiger partial charge < -0.3 is 9.64 Å². The van der Waals surface area contributed by atoms with Crippen LogP contribution in [-0.2, 0) is 4.74 Å². The third kappa shape index (κ3) is 1.90. The highest BCUT2D eigenvalue weighted by atomic mass is 16.6. The van der Waals surface area contributed by atoms with E-state index in [0.29, 0.717) is 12.0 Å². The summed E-state index contributed by atoms with van der Waals surface area (Å²) in [4.78, 5) is 15.7. The summed E-state index contributed by atoms with van der Waals surface area (Å²) in [6.45, 7) is 13.0. The molecule has 0 aromatic heterocycles. The van der Waals surface area contributed by atoms with E-state index in [9.17, 15) is 4.79 Å². The molecule has 0 aromatic carbocycles. The number of hydrogen-bond acceptors (Lipinski definition) is 3. The summed E-state index contributed by atoms with van der Waals surface area (Å²) in [6.07, 6.45) is -0.151. The average Bonchev–Trinajstić information content (AvgIpc) is 1.96. The molecule has 0 aliphatic carbocycles. The maximum Gasteiger partial charge on any atom is 0.409 e. The van der Waals surface area contributed by atoms with E-state index in [4.69, 9.17) is 4.74 Å². The van der Waals surface area contributed by atoms with Crippen LogP contribution in [0.15, 0.2) is 0 Å². The minimum absolute atomic E-state index is 0.151. The standard InChI is InChI=1S/C12H22N2O2/c1-5-16-10(15)13-6-12(7-13)8-14(9-12)11(2,3)4/h5-9H2,1-4H3. The molecule has 16 heavy (non-hydrogen) atoms. The molecule has 0 bridgehead atoms. The van der Waals surface area contributed by atoms with Gasteiger partial charge in [-0.1, -0.05) is 0 Å². The van der Waals surface area contributed by atoms with E-state index >= 15 is 0 Å². The topological polar surface area (TPSA) is 32.8 Å². The summed E-state index contributed by atoms with van der Waals surface area (Å²) in [5.74, 6) is 0. The second kappa shape index (κ2) is 3.62. The van der Waals surface area contributed by atoms with Gasteiger partial charge in [0.2, 0.25) is 0 Å². The minimum Gasteiger partial charge on any atom is -0.450 e. The van der Waals surface area contributed by atoms with Gasteiger partial charge in [0.25, 0.3) is 0 Å². The molecule has 0 aromatic rings. The van der Waals surface area contributed by atoms with Crippen LogP contribution in [-0.4, -0.2) is 54.2 Å². The number of likely N-dealkylation sites (tertiary alicyclic amines) is 2. The van der Waals surface area contributed by atoms with Crippen molar-refractivity contribution in [1.82, 2.24) is 9.80 Å². The molecule has 0 saturated carbocycles. The van der Waals surface area contributed by atoms with Crippen molar-refractivity contribution in [1.29, 1.82) is 0 Å². The van der Waals surface area contributed by atoms with Gasteiger partial charge in [-0.25, -0.2) is 4.79 Å². The van der Waals surface area contributed by atoms with Crippen molar-refractivity contribution in [3.63, 3.8) is 0 Å². The fraction of sp³-hybridized carbons (Fsp3) is 0.917. The summed E-state index contributed by atoms with van der Waals surface area (Å²) in [5.41, 5.74) is 0.635. The van der Waals surface area contributed by atoms with E-state index in [1.165, 1.54) is 0 Å². The normalized spacial score (nSPS) is 23.9. The summed E-state index contributed by atoms with van der Waals surface area (Å²) in [7, 11) is 0. The number of ether oxygens (including phenoxy) is 1. The van der Waals surface area contributed by atoms with Gasteiger partial charge in [-0.15, -0.1) is 0 Å². The Labute approximate surface area is 97.5 Å². The van der Waals surface area contributed by atoms with E-state index in [-0.39, 0.29) is 11.6 Å². The van der Waals surface area contributed by atoms with Gasteiger partial charge in [0.1, 0.15) is 0 Å². The van der Waals surface area contributed by atoms with Gasteiger partial charge in [0.15, 0.2) is 0 Å². The van der Waals surface area contributed by atoms with Crippen molar-refractivity contribution in [2.24, 2.45) is 5.41 Å². The Hall–Kier alpha value is -0.770. The van der Waals surface area contributed by atoms with Gasteiger partial charge in [0.05, 0.1) is 6.61 Å². The summed E-state index contributed by atoms with van der Waals surface area (Å²) >= 11 is 0. The van der Waals surface area contributed by atoms with E-state index < -0.39 is 0 Å². The molecular formula is C12H22N2O2. The first kappa shape index (κ1) is 11.7. The number of carbonyl (C=O) groups is 1. The van der Waals surface area contributed by atoms with Gasteiger partial charge in [-0.3, -0.25) is 4.90 Å². The van der Waals surface area contributed by atoms with Crippen LogP contribution < -0.4 is 0 Å². The molecule has 1 spiro atoms. The number of carbonyl (C=O) groups excluding carboxylic acids is 1. The second-order valence-corrected chi connectivity index (χ2v) is 6.08. The molecule has 0 atom stereocenters. The van der Waals surface area contributed by atoms with E-state index in [1.807, 2.05) is 11.8 Å². The van der Waals surface area contributed by atoms with Gasteiger partial charge in [0, 0.05) is 37.1 Å². The van der Waals surface area contributed by atoms with Crippen LogP contribution in [0.5, 0.6) is 0 Å². The first-order valence-corrected chi connectivity index (χ1v) is 6.03.